The third-order valence-corrected chi connectivity index (χ3v) is 6.23. The van der Waals surface area contributed by atoms with Gasteiger partial charge < -0.3 is 0 Å². The van der Waals surface area contributed by atoms with Crippen molar-refractivity contribution >= 4 is 22.7 Å². The fourth-order valence-electron chi connectivity index (χ4n) is 4.65. The van der Waals surface area contributed by atoms with E-state index in [9.17, 15) is 0 Å². The molecule has 0 spiro atoms. The van der Waals surface area contributed by atoms with E-state index in [0.717, 1.165) is 17.9 Å². The first-order valence-corrected chi connectivity index (χ1v) is 9.90. The lowest BCUT2D eigenvalue weighted by atomic mass is 9.73. The number of nitrogens with zero attached hydrogens (tertiary/aromatic N) is 2. The average molecular weight is 315 g/mol. The molecular weight excluding hydrogens is 290 g/mol. The first kappa shape index (κ1) is 14.6. The van der Waals surface area contributed by atoms with Crippen molar-refractivity contribution in [1.82, 2.24) is 15.1 Å². The summed E-state index contributed by atoms with van der Waals surface area (Å²) in [4.78, 5) is 2.76. The Bertz CT molecular complexity index is 665. The molecule has 22 heavy (non-hydrogen) atoms. The Balaban J connectivity index is 1.75. The summed E-state index contributed by atoms with van der Waals surface area (Å²) < 4.78 is 0. The van der Waals surface area contributed by atoms with Crippen molar-refractivity contribution in [3.8, 4) is 0 Å². The maximum Gasteiger partial charge on any atom is 0.0926 e. The Labute approximate surface area is 136 Å². The highest BCUT2D eigenvalue weighted by Crippen LogP contribution is 2.44. The number of piperidine rings is 1. The largest absolute Gasteiger partial charge is 0.299 e. The van der Waals surface area contributed by atoms with Crippen LogP contribution in [0.15, 0.2) is 18.2 Å². The van der Waals surface area contributed by atoms with Gasteiger partial charge in [-0.25, -0.2) is 0 Å². The first-order valence-electron chi connectivity index (χ1n) is 8.50. The summed E-state index contributed by atoms with van der Waals surface area (Å²) in [5.41, 5.74) is 4.06. The third kappa shape index (κ3) is 2.28. The predicted octanol–water partition coefficient (Wildman–Crippen LogP) is 3.67. The van der Waals surface area contributed by atoms with Crippen molar-refractivity contribution in [3.05, 3.63) is 29.5 Å². The highest BCUT2D eigenvalue weighted by molar-refractivity contribution is 7.98. The Morgan fingerprint density at radius 1 is 1.41 bits per heavy atom. The zero-order valence-electron chi connectivity index (χ0n) is 13.5. The van der Waals surface area contributed by atoms with Gasteiger partial charge in [0.25, 0.3) is 0 Å². The Kier molecular flexibility index (Phi) is 3.91. The molecule has 0 amide bonds. The van der Waals surface area contributed by atoms with Gasteiger partial charge in [-0.15, -0.1) is 0 Å². The number of fused-ring (bicyclic) bond motifs is 2. The van der Waals surface area contributed by atoms with E-state index in [0.29, 0.717) is 12.0 Å². The van der Waals surface area contributed by atoms with Crippen LogP contribution in [0.4, 0.5) is 0 Å². The molecule has 2 heterocycles. The maximum absolute atomic E-state index is 4.53. The Morgan fingerprint density at radius 3 is 3.14 bits per heavy atom. The number of nitrogens with one attached hydrogen (secondary N) is 1. The fourth-order valence-corrected chi connectivity index (χ4v) is 5.36. The SMILES string of the molecule is CCCN1C[C@H](CSC)C[C@@H]2c3cccc4n[nH]c(c34)C[C@H]21. The minimum atomic E-state index is 0.664. The van der Waals surface area contributed by atoms with E-state index in [2.05, 4.69) is 46.5 Å². The molecule has 4 rings (SSSR count). The van der Waals surface area contributed by atoms with E-state index in [4.69, 9.17) is 0 Å². The molecule has 0 radical (unpaired) electrons. The van der Waals surface area contributed by atoms with Crippen molar-refractivity contribution in [2.24, 2.45) is 5.92 Å². The van der Waals surface area contributed by atoms with Crippen LogP contribution in [0.3, 0.4) is 0 Å². The lowest BCUT2D eigenvalue weighted by Crippen LogP contribution is -2.50. The van der Waals surface area contributed by atoms with Crippen molar-refractivity contribution in [1.29, 1.82) is 0 Å². The maximum atomic E-state index is 4.53. The smallest absolute Gasteiger partial charge is 0.0926 e. The van der Waals surface area contributed by atoms with Gasteiger partial charge in [-0.1, -0.05) is 19.1 Å². The van der Waals surface area contributed by atoms with Crippen molar-refractivity contribution in [3.63, 3.8) is 0 Å². The Hall–Kier alpha value is -1.00. The average Bonchev–Trinajstić information content (AvgIpc) is 2.94. The summed E-state index contributed by atoms with van der Waals surface area (Å²) in [5, 5.41) is 9.26. The summed E-state index contributed by atoms with van der Waals surface area (Å²) in [6.45, 7) is 4.80. The number of rotatable bonds is 4. The molecule has 0 unspecified atom stereocenters. The number of benzene rings is 1. The number of aromatic nitrogens is 2. The molecule has 1 aromatic heterocycles. The van der Waals surface area contributed by atoms with Crippen LogP contribution >= 0.6 is 11.8 Å². The zero-order valence-corrected chi connectivity index (χ0v) is 14.3. The standard InChI is InChI=1S/C18H25N3S/c1-3-7-21-10-12(11-22-2)8-14-13-5-4-6-15-18(13)16(20-19-15)9-17(14)21/h4-6,12,14,17H,3,7-11H2,1-2H3,(H,19,20)/t12-,14-,17-/m1/s1. The van der Waals surface area contributed by atoms with Crippen molar-refractivity contribution in [2.75, 3.05) is 25.1 Å². The summed E-state index contributed by atoms with van der Waals surface area (Å²) >= 11 is 2.00. The van der Waals surface area contributed by atoms with Crippen LogP contribution in [0.5, 0.6) is 0 Å². The van der Waals surface area contributed by atoms with Gasteiger partial charge in [0, 0.05) is 36.0 Å². The molecule has 4 heteroatoms. The quantitative estimate of drug-likeness (QED) is 0.934. The number of hydrogen-bond acceptors (Lipinski definition) is 3. The Morgan fingerprint density at radius 2 is 2.32 bits per heavy atom. The van der Waals surface area contributed by atoms with E-state index >= 15 is 0 Å². The van der Waals surface area contributed by atoms with Crippen molar-refractivity contribution in [2.45, 2.75) is 38.1 Å². The van der Waals surface area contributed by atoms with Gasteiger partial charge >= 0.3 is 0 Å². The summed E-state index contributed by atoms with van der Waals surface area (Å²) in [7, 11) is 0. The molecule has 2 aromatic rings. The molecular formula is C18H25N3S. The van der Waals surface area contributed by atoms with E-state index in [1.165, 1.54) is 42.8 Å². The summed E-state index contributed by atoms with van der Waals surface area (Å²) in [6.07, 6.45) is 5.97. The van der Waals surface area contributed by atoms with E-state index in [1.807, 2.05) is 11.8 Å². The van der Waals surface area contributed by atoms with Crippen LogP contribution in [0.1, 0.15) is 36.9 Å². The molecule has 3 nitrogen and oxygen atoms in total. The monoisotopic (exact) mass is 315 g/mol. The fraction of sp³-hybridized carbons (Fsp3) is 0.611. The molecule has 0 bridgehead atoms. The van der Waals surface area contributed by atoms with Crippen LogP contribution < -0.4 is 0 Å². The summed E-state index contributed by atoms with van der Waals surface area (Å²) in [6, 6.07) is 7.35. The molecule has 1 N–H and O–H groups in total. The minimum Gasteiger partial charge on any atom is -0.299 e. The molecule has 3 atom stereocenters. The van der Waals surface area contributed by atoms with Gasteiger partial charge in [-0.3, -0.25) is 10.00 Å². The number of H-pyrrole nitrogens is 1. The number of likely N-dealkylation sites (tertiary alicyclic amines) is 1. The normalized spacial score (nSPS) is 28.0. The molecule has 1 aliphatic heterocycles. The number of hydrogen-bond donors (Lipinski definition) is 1. The number of aromatic amines is 1. The van der Waals surface area contributed by atoms with E-state index < -0.39 is 0 Å². The molecule has 1 saturated heterocycles. The molecule has 2 aliphatic rings. The van der Waals surface area contributed by atoms with Gasteiger partial charge in [0.05, 0.1) is 5.52 Å². The highest BCUT2D eigenvalue weighted by Gasteiger charge is 2.40. The van der Waals surface area contributed by atoms with E-state index in [-0.39, 0.29) is 0 Å². The number of thioether (sulfide) groups is 1. The molecule has 118 valence electrons. The zero-order chi connectivity index (χ0) is 15.1. The topological polar surface area (TPSA) is 31.9 Å². The van der Waals surface area contributed by atoms with Crippen molar-refractivity contribution < 1.29 is 0 Å². The molecule has 1 fully saturated rings. The predicted molar refractivity (Wildman–Crippen MR) is 94.7 cm³/mol. The van der Waals surface area contributed by atoms with Crippen LogP contribution in [0.2, 0.25) is 0 Å². The lowest BCUT2D eigenvalue weighted by Gasteiger charge is -2.47. The van der Waals surface area contributed by atoms with Gasteiger partial charge in [0.2, 0.25) is 0 Å². The highest BCUT2D eigenvalue weighted by atomic mass is 32.2. The van der Waals surface area contributed by atoms with Crippen LogP contribution in [-0.2, 0) is 6.42 Å². The van der Waals surface area contributed by atoms with Gasteiger partial charge in [0.15, 0.2) is 0 Å². The summed E-state index contributed by atoms with van der Waals surface area (Å²) in [5.74, 6) is 2.80. The van der Waals surface area contributed by atoms with Crippen LogP contribution in [0.25, 0.3) is 10.9 Å². The second-order valence-electron chi connectivity index (χ2n) is 6.87. The van der Waals surface area contributed by atoms with Gasteiger partial charge in [-0.2, -0.15) is 16.9 Å². The lowest BCUT2D eigenvalue weighted by molar-refractivity contribution is 0.0919. The molecule has 1 aliphatic carbocycles. The van der Waals surface area contributed by atoms with E-state index in [1.54, 1.807) is 5.56 Å². The minimum absolute atomic E-state index is 0.664. The van der Waals surface area contributed by atoms with Crippen LogP contribution in [0, 0.1) is 5.92 Å². The second kappa shape index (κ2) is 5.89. The molecule has 0 saturated carbocycles. The van der Waals surface area contributed by atoms with Gasteiger partial charge in [-0.05, 0) is 48.9 Å². The molecule has 1 aromatic carbocycles. The second-order valence-corrected chi connectivity index (χ2v) is 7.78. The third-order valence-electron chi connectivity index (χ3n) is 5.43. The van der Waals surface area contributed by atoms with Gasteiger partial charge in [0.1, 0.15) is 0 Å². The van der Waals surface area contributed by atoms with Crippen LogP contribution in [-0.4, -0.2) is 46.2 Å². The first-order chi connectivity index (χ1) is 10.8.